The summed E-state index contributed by atoms with van der Waals surface area (Å²) in [5.41, 5.74) is 1.15. The Bertz CT molecular complexity index is 558. The fourth-order valence-electron chi connectivity index (χ4n) is 2.02. The summed E-state index contributed by atoms with van der Waals surface area (Å²) in [6, 6.07) is 5.94. The second kappa shape index (κ2) is 5.60. The molecule has 20 heavy (non-hydrogen) atoms. The molecule has 3 N–H and O–H groups in total. The van der Waals surface area contributed by atoms with Crippen molar-refractivity contribution in [1.82, 2.24) is 5.32 Å². The van der Waals surface area contributed by atoms with Crippen molar-refractivity contribution in [3.05, 3.63) is 24.3 Å². The maximum atomic E-state index is 12.1. The largest absolute Gasteiger partial charge is 0.481 e. The molecule has 1 heterocycles. The van der Waals surface area contributed by atoms with Crippen molar-refractivity contribution in [1.29, 1.82) is 0 Å². The van der Waals surface area contributed by atoms with Gasteiger partial charge in [-0.05, 0) is 19.1 Å². The number of anilines is 2. The van der Waals surface area contributed by atoms with Gasteiger partial charge in [0, 0.05) is 6.04 Å². The number of hydrogen-bond acceptors (Lipinski definition) is 3. The van der Waals surface area contributed by atoms with Crippen LogP contribution in [-0.4, -0.2) is 35.6 Å². The second-order valence-electron chi connectivity index (χ2n) is 4.60. The monoisotopic (exact) mass is 277 g/mol. The first-order chi connectivity index (χ1) is 9.47. The number of carbonyl (C=O) groups excluding carboxylic acids is 2. The third kappa shape index (κ3) is 3.05. The summed E-state index contributed by atoms with van der Waals surface area (Å²) >= 11 is 0. The van der Waals surface area contributed by atoms with E-state index in [-0.39, 0.29) is 18.9 Å². The van der Waals surface area contributed by atoms with Gasteiger partial charge >= 0.3 is 12.0 Å². The number of para-hydroxylation sites is 2. The smallest absolute Gasteiger partial charge is 0.322 e. The van der Waals surface area contributed by atoms with E-state index in [4.69, 9.17) is 5.11 Å². The van der Waals surface area contributed by atoms with Gasteiger partial charge in [0.25, 0.3) is 0 Å². The van der Waals surface area contributed by atoms with Crippen molar-refractivity contribution in [2.45, 2.75) is 19.4 Å². The average molecular weight is 277 g/mol. The third-order valence-electron chi connectivity index (χ3n) is 2.87. The third-order valence-corrected chi connectivity index (χ3v) is 2.87. The molecule has 0 saturated carbocycles. The molecule has 0 bridgehead atoms. The lowest BCUT2D eigenvalue weighted by Crippen LogP contribution is -2.49. The molecule has 0 aliphatic carbocycles. The first-order valence-electron chi connectivity index (χ1n) is 6.16. The van der Waals surface area contributed by atoms with E-state index in [1.54, 1.807) is 31.2 Å². The molecule has 1 aliphatic heterocycles. The molecule has 0 aromatic heterocycles. The first-order valence-corrected chi connectivity index (χ1v) is 6.16. The molecule has 106 valence electrons. The summed E-state index contributed by atoms with van der Waals surface area (Å²) < 4.78 is 0. The maximum Gasteiger partial charge on any atom is 0.322 e. The number of urea groups is 1. The van der Waals surface area contributed by atoms with Crippen LogP contribution in [0.1, 0.15) is 13.3 Å². The molecule has 1 aromatic rings. The van der Waals surface area contributed by atoms with Crippen LogP contribution in [0.4, 0.5) is 16.2 Å². The highest BCUT2D eigenvalue weighted by Gasteiger charge is 2.27. The fraction of sp³-hybridized carbons (Fsp3) is 0.308. The predicted molar refractivity (Wildman–Crippen MR) is 72.7 cm³/mol. The molecular formula is C13H15N3O4. The van der Waals surface area contributed by atoms with Gasteiger partial charge in [-0.25, -0.2) is 4.79 Å². The van der Waals surface area contributed by atoms with E-state index in [2.05, 4.69) is 10.6 Å². The van der Waals surface area contributed by atoms with Crippen LogP contribution in [0, 0.1) is 0 Å². The first kappa shape index (κ1) is 13.9. The molecular weight excluding hydrogens is 262 g/mol. The Morgan fingerprint density at radius 2 is 2.15 bits per heavy atom. The van der Waals surface area contributed by atoms with E-state index in [0.717, 1.165) is 0 Å². The van der Waals surface area contributed by atoms with Gasteiger partial charge in [-0.3, -0.25) is 14.5 Å². The molecule has 7 heteroatoms. The van der Waals surface area contributed by atoms with Crippen LogP contribution < -0.4 is 15.5 Å². The normalized spacial score (nSPS) is 15.1. The molecule has 0 fully saturated rings. The van der Waals surface area contributed by atoms with Gasteiger partial charge in [0.05, 0.1) is 17.8 Å². The number of fused-ring (bicyclic) bond motifs is 1. The predicted octanol–water partition coefficient (Wildman–Crippen LogP) is 1.02. The topological polar surface area (TPSA) is 98.7 Å². The van der Waals surface area contributed by atoms with Crippen LogP contribution in [0.15, 0.2) is 24.3 Å². The summed E-state index contributed by atoms with van der Waals surface area (Å²) in [6.45, 7) is 1.50. The Balaban J connectivity index is 2.14. The molecule has 0 spiro atoms. The Hall–Kier alpha value is -2.57. The van der Waals surface area contributed by atoms with Crippen molar-refractivity contribution >= 4 is 29.3 Å². The van der Waals surface area contributed by atoms with Crippen LogP contribution >= 0.6 is 0 Å². The average Bonchev–Trinajstić information content (AvgIpc) is 2.36. The Morgan fingerprint density at radius 1 is 1.45 bits per heavy atom. The van der Waals surface area contributed by atoms with Gasteiger partial charge in [-0.1, -0.05) is 12.1 Å². The summed E-state index contributed by atoms with van der Waals surface area (Å²) in [5, 5.41) is 13.9. The number of carboxylic acids is 1. The minimum Gasteiger partial charge on any atom is -0.481 e. The lowest BCUT2D eigenvalue weighted by atomic mass is 10.2. The summed E-state index contributed by atoms with van der Waals surface area (Å²) in [6.07, 6.45) is -0.173. The molecule has 1 aromatic carbocycles. The van der Waals surface area contributed by atoms with Crippen LogP contribution in [0.25, 0.3) is 0 Å². The molecule has 2 rings (SSSR count). The minimum atomic E-state index is -0.991. The van der Waals surface area contributed by atoms with Crippen molar-refractivity contribution in [3.8, 4) is 0 Å². The van der Waals surface area contributed by atoms with Gasteiger partial charge in [-0.15, -0.1) is 0 Å². The number of nitrogens with zero attached hydrogens (tertiary/aromatic N) is 1. The lowest BCUT2D eigenvalue weighted by Gasteiger charge is -2.30. The fourth-order valence-corrected chi connectivity index (χ4v) is 2.02. The molecule has 0 saturated heterocycles. The van der Waals surface area contributed by atoms with E-state index < -0.39 is 18.0 Å². The van der Waals surface area contributed by atoms with Gasteiger partial charge in [0.1, 0.15) is 6.54 Å². The van der Waals surface area contributed by atoms with E-state index in [0.29, 0.717) is 11.4 Å². The van der Waals surface area contributed by atoms with Gasteiger partial charge in [0.15, 0.2) is 0 Å². The summed E-state index contributed by atoms with van der Waals surface area (Å²) in [5.74, 6) is -1.28. The van der Waals surface area contributed by atoms with E-state index in [9.17, 15) is 14.4 Å². The van der Waals surface area contributed by atoms with Crippen LogP contribution in [0.2, 0.25) is 0 Å². The number of hydrogen-bond donors (Lipinski definition) is 3. The zero-order valence-electron chi connectivity index (χ0n) is 10.9. The van der Waals surface area contributed by atoms with Crippen molar-refractivity contribution in [3.63, 3.8) is 0 Å². The minimum absolute atomic E-state index is 0.0946. The highest BCUT2D eigenvalue weighted by Crippen LogP contribution is 2.28. The van der Waals surface area contributed by atoms with Gasteiger partial charge in [-0.2, -0.15) is 0 Å². The Morgan fingerprint density at radius 3 is 2.85 bits per heavy atom. The number of aliphatic carboxylic acids is 1. The van der Waals surface area contributed by atoms with Crippen molar-refractivity contribution in [2.75, 3.05) is 16.8 Å². The van der Waals surface area contributed by atoms with E-state index >= 15 is 0 Å². The van der Waals surface area contributed by atoms with Crippen LogP contribution in [0.3, 0.4) is 0 Å². The Kier molecular flexibility index (Phi) is 3.88. The summed E-state index contributed by atoms with van der Waals surface area (Å²) in [4.78, 5) is 35.6. The molecule has 7 nitrogen and oxygen atoms in total. The summed E-state index contributed by atoms with van der Waals surface area (Å²) in [7, 11) is 0. The quantitative estimate of drug-likeness (QED) is 0.768. The molecule has 1 aliphatic rings. The molecule has 3 amide bonds. The van der Waals surface area contributed by atoms with Gasteiger partial charge < -0.3 is 15.7 Å². The molecule has 1 atom stereocenters. The number of carbonyl (C=O) groups is 3. The van der Waals surface area contributed by atoms with Crippen molar-refractivity contribution in [2.24, 2.45) is 0 Å². The van der Waals surface area contributed by atoms with E-state index in [1.165, 1.54) is 4.90 Å². The highest BCUT2D eigenvalue weighted by molar-refractivity contribution is 6.09. The number of rotatable bonds is 3. The van der Waals surface area contributed by atoms with Gasteiger partial charge in [0.2, 0.25) is 5.91 Å². The van der Waals surface area contributed by atoms with E-state index in [1.807, 2.05) is 0 Å². The SMILES string of the molecule is CC(CC(=O)O)NC(=O)N1CC(=O)Nc2ccccc21. The lowest BCUT2D eigenvalue weighted by molar-refractivity contribution is -0.137. The van der Waals surface area contributed by atoms with Crippen molar-refractivity contribution < 1.29 is 19.5 Å². The number of amides is 3. The van der Waals surface area contributed by atoms with Crippen LogP contribution in [-0.2, 0) is 9.59 Å². The standard InChI is InChI=1S/C13H15N3O4/c1-8(6-12(18)19)14-13(20)16-7-11(17)15-9-4-2-3-5-10(9)16/h2-5,8H,6-7H2,1H3,(H,14,20)(H,15,17)(H,18,19). The molecule has 1 unspecified atom stereocenters. The van der Waals surface area contributed by atoms with Crippen LogP contribution in [0.5, 0.6) is 0 Å². The second-order valence-corrected chi connectivity index (χ2v) is 4.60. The molecule has 0 radical (unpaired) electrons. The number of carboxylic acid groups (broad SMARTS) is 1. The zero-order chi connectivity index (χ0) is 14.7. The highest BCUT2D eigenvalue weighted by atomic mass is 16.4. The number of nitrogens with one attached hydrogen (secondary N) is 2. The maximum absolute atomic E-state index is 12.1. The number of benzene rings is 1. The zero-order valence-corrected chi connectivity index (χ0v) is 10.9. The Labute approximate surface area is 115 Å².